The number of nitrogens with zero attached hydrogens (tertiary/aromatic N) is 2. The van der Waals surface area contributed by atoms with E-state index in [0.29, 0.717) is 27.2 Å². The highest BCUT2D eigenvalue weighted by molar-refractivity contribution is 6.33. The predicted molar refractivity (Wildman–Crippen MR) is 98.1 cm³/mol. The first-order chi connectivity index (χ1) is 12.5. The molecule has 0 bridgehead atoms. The van der Waals surface area contributed by atoms with E-state index < -0.39 is 6.10 Å². The minimum Gasteiger partial charge on any atom is -0.479 e. The zero-order valence-electron chi connectivity index (χ0n) is 13.8. The average molecular weight is 392 g/mol. The first-order valence-corrected chi connectivity index (χ1v) is 8.56. The molecule has 134 valence electrons. The maximum absolute atomic E-state index is 12.2. The van der Waals surface area contributed by atoms with E-state index >= 15 is 0 Å². The molecule has 0 saturated carbocycles. The van der Waals surface area contributed by atoms with Gasteiger partial charge in [-0.15, -0.1) is 0 Å². The van der Waals surface area contributed by atoms with Crippen LogP contribution in [0, 0.1) is 0 Å². The number of amides is 1. The van der Waals surface area contributed by atoms with Crippen LogP contribution in [0.2, 0.25) is 10.0 Å². The van der Waals surface area contributed by atoms with E-state index in [1.165, 1.54) is 0 Å². The molecule has 0 unspecified atom stereocenters. The molecule has 3 rings (SSSR count). The minimum absolute atomic E-state index is 0.0759. The van der Waals surface area contributed by atoms with Crippen LogP contribution in [0.4, 0.5) is 0 Å². The number of carbonyl (C=O) groups is 1. The second-order valence-corrected chi connectivity index (χ2v) is 6.21. The average Bonchev–Trinajstić information content (AvgIpc) is 3.10. The van der Waals surface area contributed by atoms with Gasteiger partial charge in [0.1, 0.15) is 5.75 Å². The van der Waals surface area contributed by atoms with Crippen molar-refractivity contribution in [2.24, 2.45) is 0 Å². The summed E-state index contributed by atoms with van der Waals surface area (Å²) >= 11 is 12.1. The van der Waals surface area contributed by atoms with Crippen LogP contribution in [0.25, 0.3) is 11.4 Å². The number of carbonyl (C=O) groups excluding carboxylic acids is 1. The topological polar surface area (TPSA) is 77.2 Å². The van der Waals surface area contributed by atoms with Gasteiger partial charge in [-0.1, -0.05) is 52.6 Å². The van der Waals surface area contributed by atoms with Crippen molar-refractivity contribution in [3.8, 4) is 17.1 Å². The van der Waals surface area contributed by atoms with Gasteiger partial charge in [-0.2, -0.15) is 4.98 Å². The highest BCUT2D eigenvalue weighted by Gasteiger charge is 2.17. The van der Waals surface area contributed by atoms with Crippen LogP contribution in [0.3, 0.4) is 0 Å². The van der Waals surface area contributed by atoms with Gasteiger partial charge in [0, 0.05) is 5.56 Å². The summed E-state index contributed by atoms with van der Waals surface area (Å²) in [5.41, 5.74) is 0.658. The van der Waals surface area contributed by atoms with Gasteiger partial charge < -0.3 is 14.6 Å². The molecule has 0 saturated heterocycles. The van der Waals surface area contributed by atoms with Crippen LogP contribution >= 0.6 is 23.2 Å². The fraction of sp³-hybridized carbons (Fsp3) is 0.167. The van der Waals surface area contributed by atoms with Crippen molar-refractivity contribution in [1.29, 1.82) is 0 Å². The number of aromatic nitrogens is 2. The minimum atomic E-state index is -0.735. The molecular weight excluding hydrogens is 377 g/mol. The van der Waals surface area contributed by atoms with Gasteiger partial charge in [0.15, 0.2) is 6.10 Å². The lowest BCUT2D eigenvalue weighted by Crippen LogP contribution is -2.36. The number of hydrogen-bond acceptors (Lipinski definition) is 5. The molecule has 1 amide bonds. The zero-order valence-corrected chi connectivity index (χ0v) is 15.3. The lowest BCUT2D eigenvalue weighted by Gasteiger charge is -2.14. The quantitative estimate of drug-likeness (QED) is 0.683. The first-order valence-electron chi connectivity index (χ1n) is 7.81. The normalized spacial score (nSPS) is 11.8. The van der Waals surface area contributed by atoms with Crippen molar-refractivity contribution in [3.05, 3.63) is 64.5 Å². The molecule has 0 spiro atoms. The monoisotopic (exact) mass is 391 g/mol. The highest BCUT2D eigenvalue weighted by Crippen LogP contribution is 2.25. The van der Waals surface area contributed by atoms with Crippen molar-refractivity contribution in [2.45, 2.75) is 19.6 Å². The van der Waals surface area contributed by atoms with Crippen LogP contribution in [0.5, 0.6) is 5.75 Å². The molecule has 0 aliphatic heterocycles. The third kappa shape index (κ3) is 4.33. The van der Waals surface area contributed by atoms with Crippen molar-refractivity contribution < 1.29 is 14.1 Å². The Morgan fingerprint density at radius 2 is 1.85 bits per heavy atom. The summed E-state index contributed by atoms with van der Waals surface area (Å²) in [6.07, 6.45) is -0.735. The number of rotatable bonds is 6. The second kappa shape index (κ2) is 8.21. The van der Waals surface area contributed by atoms with E-state index in [9.17, 15) is 4.79 Å². The molecular formula is C18H15Cl2N3O3. The third-order valence-electron chi connectivity index (χ3n) is 3.51. The van der Waals surface area contributed by atoms with Crippen molar-refractivity contribution >= 4 is 29.1 Å². The number of nitrogens with one attached hydrogen (secondary N) is 1. The van der Waals surface area contributed by atoms with Gasteiger partial charge in [0.05, 0.1) is 16.6 Å². The van der Waals surface area contributed by atoms with E-state index in [0.717, 1.165) is 0 Å². The van der Waals surface area contributed by atoms with Crippen molar-refractivity contribution in [1.82, 2.24) is 15.5 Å². The highest BCUT2D eigenvalue weighted by atomic mass is 35.5. The standard InChI is InChI=1S/C18H15Cl2N3O3/c1-11(25-15-9-5-4-8-14(15)20)18(24)21-10-16-22-17(23-26-16)12-6-2-3-7-13(12)19/h2-9,11H,10H2,1H3,(H,21,24)/t11-/m0/s1. The molecule has 0 radical (unpaired) electrons. The Kier molecular flexibility index (Phi) is 5.75. The molecule has 1 atom stereocenters. The van der Waals surface area contributed by atoms with Gasteiger partial charge in [0.25, 0.3) is 5.91 Å². The molecule has 26 heavy (non-hydrogen) atoms. The second-order valence-electron chi connectivity index (χ2n) is 5.40. The van der Waals surface area contributed by atoms with Crippen molar-refractivity contribution in [2.75, 3.05) is 0 Å². The molecule has 2 aromatic carbocycles. The van der Waals surface area contributed by atoms with Crippen LogP contribution in [-0.4, -0.2) is 22.2 Å². The SMILES string of the molecule is C[C@H](Oc1ccccc1Cl)C(=O)NCc1nc(-c2ccccc2Cl)no1. The van der Waals surface area contributed by atoms with E-state index in [-0.39, 0.29) is 18.3 Å². The Labute approximate surface area is 160 Å². The smallest absolute Gasteiger partial charge is 0.261 e. The fourth-order valence-electron chi connectivity index (χ4n) is 2.17. The first kappa shape index (κ1) is 18.2. The maximum atomic E-state index is 12.2. The lowest BCUT2D eigenvalue weighted by molar-refractivity contribution is -0.127. The summed E-state index contributed by atoms with van der Waals surface area (Å²) in [7, 11) is 0. The van der Waals surface area contributed by atoms with Gasteiger partial charge in [0.2, 0.25) is 11.7 Å². The number of ether oxygens (including phenoxy) is 1. The molecule has 3 aromatic rings. The van der Waals surface area contributed by atoms with Crippen LogP contribution < -0.4 is 10.1 Å². The van der Waals surface area contributed by atoms with Crippen LogP contribution in [0.1, 0.15) is 12.8 Å². The molecule has 1 N–H and O–H groups in total. The summed E-state index contributed by atoms with van der Waals surface area (Å²) < 4.78 is 10.7. The summed E-state index contributed by atoms with van der Waals surface area (Å²) in [5, 5.41) is 7.52. The van der Waals surface area contributed by atoms with E-state index in [2.05, 4.69) is 15.5 Å². The van der Waals surface area contributed by atoms with Gasteiger partial charge in [-0.3, -0.25) is 4.79 Å². The number of halogens is 2. The van der Waals surface area contributed by atoms with Gasteiger partial charge in [-0.25, -0.2) is 0 Å². The molecule has 0 aliphatic carbocycles. The van der Waals surface area contributed by atoms with Crippen LogP contribution in [0.15, 0.2) is 53.1 Å². The fourth-order valence-corrected chi connectivity index (χ4v) is 2.57. The Morgan fingerprint density at radius 1 is 1.15 bits per heavy atom. The Hall–Kier alpha value is -2.57. The molecule has 1 aromatic heterocycles. The largest absolute Gasteiger partial charge is 0.479 e. The van der Waals surface area contributed by atoms with Gasteiger partial charge >= 0.3 is 0 Å². The lowest BCUT2D eigenvalue weighted by atomic mass is 10.2. The molecule has 6 nitrogen and oxygen atoms in total. The number of benzene rings is 2. The third-order valence-corrected chi connectivity index (χ3v) is 4.15. The molecule has 0 fully saturated rings. The summed E-state index contributed by atoms with van der Waals surface area (Å²) in [4.78, 5) is 16.4. The van der Waals surface area contributed by atoms with E-state index in [4.69, 9.17) is 32.5 Å². The van der Waals surface area contributed by atoms with E-state index in [1.54, 1.807) is 43.3 Å². The molecule has 8 heteroatoms. The van der Waals surface area contributed by atoms with E-state index in [1.807, 2.05) is 12.1 Å². The molecule has 0 aliphatic rings. The zero-order chi connectivity index (χ0) is 18.5. The Bertz CT molecular complexity index is 914. The number of hydrogen-bond donors (Lipinski definition) is 1. The maximum Gasteiger partial charge on any atom is 0.261 e. The molecule has 1 heterocycles. The summed E-state index contributed by atoms with van der Waals surface area (Å²) in [6, 6.07) is 14.1. The Balaban J connectivity index is 1.58. The Morgan fingerprint density at radius 3 is 2.58 bits per heavy atom. The summed E-state index contributed by atoms with van der Waals surface area (Å²) in [5.74, 6) is 0.733. The van der Waals surface area contributed by atoms with Crippen LogP contribution in [-0.2, 0) is 11.3 Å². The van der Waals surface area contributed by atoms with Gasteiger partial charge in [-0.05, 0) is 31.2 Å². The van der Waals surface area contributed by atoms with Crippen molar-refractivity contribution in [3.63, 3.8) is 0 Å². The predicted octanol–water partition coefficient (Wildman–Crippen LogP) is 4.13. The summed E-state index contributed by atoms with van der Waals surface area (Å²) in [6.45, 7) is 1.70. The number of para-hydroxylation sites is 1.